The fourth-order valence-electron chi connectivity index (χ4n) is 2.10. The number of aryl methyl sites for hydroxylation is 1. The van der Waals surface area contributed by atoms with Crippen LogP contribution >= 0.6 is 12.4 Å². The molecule has 2 rings (SSSR count). The van der Waals surface area contributed by atoms with Crippen LogP contribution in [0.15, 0.2) is 18.2 Å². The van der Waals surface area contributed by atoms with Gasteiger partial charge in [-0.05, 0) is 48.9 Å². The molecule has 1 aromatic carbocycles. The number of ether oxygens (including phenoxy) is 1. The Hall–Kier alpha value is -0.730. The Morgan fingerprint density at radius 2 is 2.13 bits per heavy atom. The van der Waals surface area contributed by atoms with Crippen molar-refractivity contribution in [2.75, 3.05) is 7.11 Å². The van der Waals surface area contributed by atoms with Crippen LogP contribution in [0.5, 0.6) is 5.75 Å². The van der Waals surface area contributed by atoms with E-state index in [0.717, 1.165) is 25.0 Å². The van der Waals surface area contributed by atoms with Gasteiger partial charge in [-0.15, -0.1) is 12.4 Å². The van der Waals surface area contributed by atoms with Crippen LogP contribution < -0.4 is 10.5 Å². The van der Waals surface area contributed by atoms with E-state index in [1.54, 1.807) is 7.11 Å². The fraction of sp³-hybridized carbons (Fsp3) is 0.500. The Bertz CT molecular complexity index is 327. The van der Waals surface area contributed by atoms with E-state index in [2.05, 4.69) is 12.1 Å². The molecular formula is C12H18ClNO. The van der Waals surface area contributed by atoms with Gasteiger partial charge >= 0.3 is 0 Å². The molecule has 0 radical (unpaired) electrons. The van der Waals surface area contributed by atoms with Gasteiger partial charge in [0.25, 0.3) is 0 Å². The van der Waals surface area contributed by atoms with Crippen LogP contribution in [0, 0.1) is 0 Å². The number of rotatable bonds is 1. The zero-order valence-electron chi connectivity index (χ0n) is 9.03. The maximum Gasteiger partial charge on any atom is 0.119 e. The minimum absolute atomic E-state index is 0. The molecule has 0 fully saturated rings. The van der Waals surface area contributed by atoms with Gasteiger partial charge in [0.15, 0.2) is 0 Å². The highest BCUT2D eigenvalue weighted by Gasteiger charge is 2.13. The zero-order chi connectivity index (χ0) is 9.97. The highest BCUT2D eigenvalue weighted by Crippen LogP contribution is 2.24. The highest BCUT2D eigenvalue weighted by atomic mass is 35.5. The normalized spacial score (nSPS) is 19.7. The number of hydrogen-bond donors (Lipinski definition) is 1. The Balaban J connectivity index is 0.00000112. The van der Waals surface area contributed by atoms with E-state index in [1.165, 1.54) is 17.5 Å². The first-order valence-corrected chi connectivity index (χ1v) is 5.21. The zero-order valence-corrected chi connectivity index (χ0v) is 9.85. The summed E-state index contributed by atoms with van der Waals surface area (Å²) in [5.41, 5.74) is 8.81. The quantitative estimate of drug-likeness (QED) is 0.748. The van der Waals surface area contributed by atoms with Crippen LogP contribution in [0.25, 0.3) is 0 Å². The molecule has 2 N–H and O–H groups in total. The third-order valence-electron chi connectivity index (χ3n) is 2.92. The third-order valence-corrected chi connectivity index (χ3v) is 2.92. The summed E-state index contributed by atoms with van der Waals surface area (Å²) >= 11 is 0. The van der Waals surface area contributed by atoms with Gasteiger partial charge in [0.1, 0.15) is 5.75 Å². The minimum atomic E-state index is 0. The molecule has 0 saturated carbocycles. The summed E-state index contributed by atoms with van der Waals surface area (Å²) in [7, 11) is 1.71. The summed E-state index contributed by atoms with van der Waals surface area (Å²) in [5.74, 6) is 0.942. The molecule has 0 aliphatic heterocycles. The highest BCUT2D eigenvalue weighted by molar-refractivity contribution is 5.85. The van der Waals surface area contributed by atoms with Crippen molar-refractivity contribution in [1.29, 1.82) is 0 Å². The van der Waals surface area contributed by atoms with E-state index in [-0.39, 0.29) is 12.4 Å². The summed E-state index contributed by atoms with van der Waals surface area (Å²) in [6.45, 7) is 0. The van der Waals surface area contributed by atoms with Crippen LogP contribution in [-0.2, 0) is 12.8 Å². The SMILES string of the molecule is COc1ccc2c(c1)CC(N)CCC2.Cl. The maximum atomic E-state index is 6.00. The first kappa shape index (κ1) is 12.3. The average molecular weight is 228 g/mol. The standard InChI is InChI=1S/C12H17NO.ClH/c1-14-12-6-5-9-3-2-4-11(13)7-10(9)8-12;/h5-6,8,11H,2-4,7,13H2,1H3;1H. The molecule has 0 spiro atoms. The molecule has 84 valence electrons. The van der Waals surface area contributed by atoms with Crippen molar-refractivity contribution in [1.82, 2.24) is 0 Å². The fourth-order valence-corrected chi connectivity index (χ4v) is 2.10. The van der Waals surface area contributed by atoms with Gasteiger partial charge in [-0.3, -0.25) is 0 Å². The summed E-state index contributed by atoms with van der Waals surface area (Å²) in [6.07, 6.45) is 4.50. The van der Waals surface area contributed by atoms with E-state index in [0.29, 0.717) is 6.04 Å². The first-order valence-electron chi connectivity index (χ1n) is 5.21. The van der Waals surface area contributed by atoms with Crippen molar-refractivity contribution in [3.63, 3.8) is 0 Å². The van der Waals surface area contributed by atoms with Gasteiger partial charge in [0.2, 0.25) is 0 Å². The lowest BCUT2D eigenvalue weighted by Gasteiger charge is -2.10. The molecule has 2 nitrogen and oxygen atoms in total. The summed E-state index contributed by atoms with van der Waals surface area (Å²) in [6, 6.07) is 6.66. The first-order chi connectivity index (χ1) is 6.79. The second kappa shape index (κ2) is 5.38. The minimum Gasteiger partial charge on any atom is -0.497 e. The van der Waals surface area contributed by atoms with Crippen LogP contribution in [0.2, 0.25) is 0 Å². The molecule has 1 aliphatic carbocycles. The molecular weight excluding hydrogens is 210 g/mol. The molecule has 0 bridgehead atoms. The van der Waals surface area contributed by atoms with Crippen LogP contribution in [0.4, 0.5) is 0 Å². The Morgan fingerprint density at radius 3 is 2.87 bits per heavy atom. The lowest BCUT2D eigenvalue weighted by Crippen LogP contribution is -2.21. The van der Waals surface area contributed by atoms with Crippen LogP contribution in [0.3, 0.4) is 0 Å². The molecule has 0 heterocycles. The molecule has 1 unspecified atom stereocenters. The van der Waals surface area contributed by atoms with Crippen molar-refractivity contribution >= 4 is 12.4 Å². The Labute approximate surface area is 97.2 Å². The molecule has 1 aliphatic rings. The van der Waals surface area contributed by atoms with E-state index in [1.807, 2.05) is 6.07 Å². The molecule has 0 saturated heterocycles. The lowest BCUT2D eigenvalue weighted by molar-refractivity contribution is 0.414. The van der Waals surface area contributed by atoms with Crippen molar-refractivity contribution in [3.8, 4) is 5.75 Å². The van der Waals surface area contributed by atoms with E-state index >= 15 is 0 Å². The summed E-state index contributed by atoms with van der Waals surface area (Å²) in [5, 5.41) is 0. The van der Waals surface area contributed by atoms with Crippen molar-refractivity contribution in [3.05, 3.63) is 29.3 Å². The largest absolute Gasteiger partial charge is 0.497 e. The van der Waals surface area contributed by atoms with Crippen LogP contribution in [-0.4, -0.2) is 13.2 Å². The van der Waals surface area contributed by atoms with Gasteiger partial charge in [0, 0.05) is 6.04 Å². The molecule has 1 aromatic rings. The predicted molar refractivity (Wildman–Crippen MR) is 64.9 cm³/mol. The molecule has 1 atom stereocenters. The second-order valence-electron chi connectivity index (χ2n) is 3.99. The van der Waals surface area contributed by atoms with Crippen molar-refractivity contribution in [2.24, 2.45) is 5.73 Å². The molecule has 15 heavy (non-hydrogen) atoms. The number of nitrogens with two attached hydrogens (primary N) is 1. The van der Waals surface area contributed by atoms with Gasteiger partial charge in [-0.1, -0.05) is 6.07 Å². The topological polar surface area (TPSA) is 35.2 Å². The van der Waals surface area contributed by atoms with Gasteiger partial charge in [0.05, 0.1) is 7.11 Å². The van der Waals surface area contributed by atoms with Gasteiger partial charge in [-0.2, -0.15) is 0 Å². The Morgan fingerprint density at radius 1 is 1.33 bits per heavy atom. The molecule has 3 heteroatoms. The smallest absolute Gasteiger partial charge is 0.119 e. The van der Waals surface area contributed by atoms with Crippen molar-refractivity contribution in [2.45, 2.75) is 31.7 Å². The Kier molecular flexibility index (Phi) is 4.43. The van der Waals surface area contributed by atoms with Gasteiger partial charge in [-0.25, -0.2) is 0 Å². The number of fused-ring (bicyclic) bond motifs is 1. The molecule has 0 aromatic heterocycles. The number of hydrogen-bond acceptors (Lipinski definition) is 2. The number of benzene rings is 1. The van der Waals surface area contributed by atoms with E-state index in [4.69, 9.17) is 10.5 Å². The monoisotopic (exact) mass is 227 g/mol. The van der Waals surface area contributed by atoms with Crippen LogP contribution in [0.1, 0.15) is 24.0 Å². The van der Waals surface area contributed by atoms with Gasteiger partial charge < -0.3 is 10.5 Å². The van der Waals surface area contributed by atoms with Crippen molar-refractivity contribution < 1.29 is 4.74 Å². The van der Waals surface area contributed by atoms with E-state index < -0.39 is 0 Å². The lowest BCUT2D eigenvalue weighted by atomic mass is 10.0. The predicted octanol–water partition coefficient (Wildman–Crippen LogP) is 2.32. The number of methoxy groups -OCH3 is 1. The maximum absolute atomic E-state index is 6.00. The summed E-state index contributed by atoms with van der Waals surface area (Å²) < 4.78 is 5.22. The second-order valence-corrected chi connectivity index (χ2v) is 3.99. The third kappa shape index (κ3) is 2.86. The van der Waals surface area contributed by atoms with E-state index in [9.17, 15) is 0 Å². The molecule has 0 amide bonds. The summed E-state index contributed by atoms with van der Waals surface area (Å²) in [4.78, 5) is 0. The average Bonchev–Trinajstić information content (AvgIpc) is 2.37. The number of halogens is 1.